The lowest BCUT2D eigenvalue weighted by atomic mass is 10.5. The summed E-state index contributed by atoms with van der Waals surface area (Å²) in [5.74, 6) is 0.382. The van der Waals surface area contributed by atoms with Crippen molar-refractivity contribution in [2.24, 2.45) is 0 Å². The molecule has 0 spiro atoms. The van der Waals surface area contributed by atoms with Gasteiger partial charge < -0.3 is 5.73 Å². The van der Waals surface area contributed by atoms with Gasteiger partial charge in [0.1, 0.15) is 6.07 Å². The molecule has 5 heteroatoms. The van der Waals surface area contributed by atoms with E-state index in [-0.39, 0.29) is 0 Å². The minimum Gasteiger partial charge on any atom is -0.381 e. The van der Waals surface area contributed by atoms with Gasteiger partial charge in [0, 0.05) is 0 Å². The molecule has 0 atom stereocenters. The number of anilines is 1. The fourth-order valence-corrected chi connectivity index (χ4v) is 0.778. The molecule has 3 N–H and O–H groups in total. The van der Waals surface area contributed by atoms with Gasteiger partial charge in [0.15, 0.2) is 11.5 Å². The van der Waals surface area contributed by atoms with E-state index in [0.717, 1.165) is 0 Å². The molecule has 1 aromatic heterocycles. The van der Waals surface area contributed by atoms with E-state index in [2.05, 4.69) is 10.2 Å². The predicted octanol–water partition coefficient (Wildman–Crippen LogP) is 0.468. The second-order valence-corrected chi connectivity index (χ2v) is 2.49. The number of aromatic amines is 1. The molecule has 0 aliphatic rings. The first-order valence-electron chi connectivity index (χ1n) is 2.15. The van der Waals surface area contributed by atoms with E-state index in [9.17, 15) is 0 Å². The molecule has 1 aromatic rings. The Labute approximate surface area is 65.2 Å². The molecule has 1 heterocycles. The number of aromatic nitrogens is 2. The molecule has 0 unspecified atom stereocenters. The number of halogens is 1. The fourth-order valence-electron chi connectivity index (χ4n) is 0.416. The summed E-state index contributed by atoms with van der Waals surface area (Å²) in [5.41, 5.74) is 5.74. The van der Waals surface area contributed by atoms with E-state index in [1.807, 2.05) is 28.7 Å². The molecule has 1 rings (SSSR count). The van der Waals surface area contributed by atoms with Gasteiger partial charge in [-0.3, -0.25) is 5.10 Å². The summed E-state index contributed by atoms with van der Waals surface area (Å²) >= 11 is 1.96. The van der Waals surface area contributed by atoms with Crippen LogP contribution in [0.2, 0.25) is 0 Å². The lowest BCUT2D eigenvalue weighted by Crippen LogP contribution is -1.85. The van der Waals surface area contributed by atoms with Crippen molar-refractivity contribution in [3.8, 4) is 6.07 Å². The van der Waals surface area contributed by atoms with Gasteiger partial charge in [0.05, 0.1) is 3.57 Å². The largest absolute Gasteiger partial charge is 0.381 e. The average molecular weight is 234 g/mol. The number of H-pyrrole nitrogens is 1. The Bertz CT molecular complexity index is 258. The van der Waals surface area contributed by atoms with Crippen LogP contribution < -0.4 is 5.73 Å². The number of nitrogen functional groups attached to an aromatic ring is 1. The zero-order chi connectivity index (χ0) is 6.85. The van der Waals surface area contributed by atoms with Crippen molar-refractivity contribution in [3.05, 3.63) is 9.26 Å². The molecular formula is C4H3IN4. The maximum Gasteiger partial charge on any atom is 0.160 e. The second kappa shape index (κ2) is 2.23. The Hall–Kier alpha value is -0.770. The lowest BCUT2D eigenvalue weighted by molar-refractivity contribution is 1.08. The molecule has 0 saturated carbocycles. The summed E-state index contributed by atoms with van der Waals surface area (Å²) in [6.45, 7) is 0. The van der Waals surface area contributed by atoms with Crippen molar-refractivity contribution in [2.75, 3.05) is 5.73 Å². The van der Waals surface area contributed by atoms with Crippen LogP contribution in [0.3, 0.4) is 0 Å². The van der Waals surface area contributed by atoms with Gasteiger partial charge in [-0.25, -0.2) is 0 Å². The van der Waals surface area contributed by atoms with E-state index in [1.54, 1.807) is 0 Å². The summed E-state index contributed by atoms with van der Waals surface area (Å²) in [7, 11) is 0. The van der Waals surface area contributed by atoms with Crippen LogP contribution >= 0.6 is 22.6 Å². The summed E-state index contributed by atoms with van der Waals surface area (Å²) in [4.78, 5) is 0. The van der Waals surface area contributed by atoms with Crippen LogP contribution in [0.15, 0.2) is 0 Å². The van der Waals surface area contributed by atoms with Crippen LogP contribution in [0.4, 0.5) is 5.82 Å². The third kappa shape index (κ3) is 0.977. The minimum atomic E-state index is 0.382. The first-order valence-corrected chi connectivity index (χ1v) is 3.23. The van der Waals surface area contributed by atoms with E-state index in [4.69, 9.17) is 11.0 Å². The first-order chi connectivity index (χ1) is 4.25. The topological polar surface area (TPSA) is 78.5 Å². The van der Waals surface area contributed by atoms with Crippen molar-refractivity contribution < 1.29 is 0 Å². The molecule has 9 heavy (non-hydrogen) atoms. The molecule has 0 aromatic carbocycles. The summed E-state index contributed by atoms with van der Waals surface area (Å²) < 4.78 is 0.690. The predicted molar refractivity (Wildman–Crippen MR) is 40.4 cm³/mol. The standard InChI is InChI=1S/C4H3IN4/c5-3-2(1-6)8-9-4(3)7/h(H3,7,8,9). The highest BCUT2D eigenvalue weighted by Gasteiger charge is 2.04. The zero-order valence-electron chi connectivity index (χ0n) is 4.35. The van der Waals surface area contributed by atoms with Crippen molar-refractivity contribution in [3.63, 3.8) is 0 Å². The SMILES string of the molecule is N#Cc1[nH]nc(N)c1I. The molecule has 0 bridgehead atoms. The molecule has 46 valence electrons. The van der Waals surface area contributed by atoms with Gasteiger partial charge in [-0.05, 0) is 22.6 Å². The lowest BCUT2D eigenvalue weighted by Gasteiger charge is -1.79. The molecule has 0 radical (unpaired) electrons. The average Bonchev–Trinajstić information content (AvgIpc) is 2.15. The molecular weight excluding hydrogens is 231 g/mol. The fraction of sp³-hybridized carbons (Fsp3) is 0. The first kappa shape index (κ1) is 6.35. The molecule has 4 nitrogen and oxygen atoms in total. The van der Waals surface area contributed by atoms with Crippen LogP contribution in [-0.2, 0) is 0 Å². The smallest absolute Gasteiger partial charge is 0.160 e. The van der Waals surface area contributed by atoms with Crippen LogP contribution in [0.1, 0.15) is 5.69 Å². The molecule has 0 aliphatic carbocycles. The Morgan fingerprint density at radius 1 is 1.78 bits per heavy atom. The van der Waals surface area contributed by atoms with Crippen LogP contribution in [0.5, 0.6) is 0 Å². The number of nitrogens with two attached hydrogens (primary N) is 1. The Kier molecular flexibility index (Phi) is 1.57. The number of hydrogen-bond acceptors (Lipinski definition) is 3. The number of nitrogens with one attached hydrogen (secondary N) is 1. The number of nitriles is 1. The van der Waals surface area contributed by atoms with Gasteiger partial charge in [0.2, 0.25) is 0 Å². The number of nitrogens with zero attached hydrogens (tertiary/aromatic N) is 2. The van der Waals surface area contributed by atoms with E-state index in [0.29, 0.717) is 15.1 Å². The summed E-state index contributed by atoms with van der Waals surface area (Å²) in [6, 6.07) is 1.91. The van der Waals surface area contributed by atoms with Crippen molar-refractivity contribution >= 4 is 28.4 Å². The van der Waals surface area contributed by atoms with Crippen LogP contribution in [0, 0.1) is 14.9 Å². The van der Waals surface area contributed by atoms with E-state index < -0.39 is 0 Å². The van der Waals surface area contributed by atoms with E-state index in [1.165, 1.54) is 0 Å². The van der Waals surface area contributed by atoms with Crippen molar-refractivity contribution in [1.82, 2.24) is 10.2 Å². The van der Waals surface area contributed by atoms with Crippen molar-refractivity contribution in [2.45, 2.75) is 0 Å². The van der Waals surface area contributed by atoms with Gasteiger partial charge in [-0.15, -0.1) is 0 Å². The second-order valence-electron chi connectivity index (χ2n) is 1.41. The summed E-state index contributed by atoms with van der Waals surface area (Å²) in [6.07, 6.45) is 0. The highest BCUT2D eigenvalue weighted by atomic mass is 127. The van der Waals surface area contributed by atoms with Crippen molar-refractivity contribution in [1.29, 1.82) is 5.26 Å². The highest BCUT2D eigenvalue weighted by Crippen LogP contribution is 2.13. The van der Waals surface area contributed by atoms with Gasteiger partial charge in [-0.2, -0.15) is 10.4 Å². The van der Waals surface area contributed by atoms with Gasteiger partial charge in [-0.1, -0.05) is 0 Å². The minimum absolute atomic E-state index is 0.382. The quantitative estimate of drug-likeness (QED) is 0.640. The number of hydrogen-bond donors (Lipinski definition) is 2. The molecule has 0 fully saturated rings. The Morgan fingerprint density at radius 2 is 2.44 bits per heavy atom. The van der Waals surface area contributed by atoms with Crippen LogP contribution in [-0.4, -0.2) is 10.2 Å². The zero-order valence-corrected chi connectivity index (χ0v) is 6.51. The molecule has 0 saturated heterocycles. The highest BCUT2D eigenvalue weighted by molar-refractivity contribution is 14.1. The molecule has 0 aliphatic heterocycles. The van der Waals surface area contributed by atoms with Crippen LogP contribution in [0.25, 0.3) is 0 Å². The maximum absolute atomic E-state index is 8.35. The third-order valence-electron chi connectivity index (χ3n) is 0.844. The Morgan fingerprint density at radius 3 is 2.67 bits per heavy atom. The Balaban J connectivity index is 3.24. The number of rotatable bonds is 0. The van der Waals surface area contributed by atoms with Gasteiger partial charge in [0.25, 0.3) is 0 Å². The molecule has 0 amide bonds. The summed E-state index contributed by atoms with van der Waals surface area (Å²) in [5, 5.41) is 14.4. The normalized spacial score (nSPS) is 8.89. The van der Waals surface area contributed by atoms with Gasteiger partial charge >= 0.3 is 0 Å². The third-order valence-corrected chi connectivity index (χ3v) is 1.94. The van der Waals surface area contributed by atoms with E-state index >= 15 is 0 Å². The maximum atomic E-state index is 8.35. The monoisotopic (exact) mass is 234 g/mol.